The van der Waals surface area contributed by atoms with Gasteiger partial charge < -0.3 is 16.2 Å². The maximum atomic E-state index is 12.2. The van der Waals surface area contributed by atoms with E-state index < -0.39 is 5.91 Å². The SMILES string of the molecule is Cc1ccc2[nH]ncc2c1-c1cc(-c2ccnc(OC3CCCC3)n2)nc(C(N)=O)c1N. The summed E-state index contributed by atoms with van der Waals surface area (Å²) in [5.41, 5.74) is 16.5. The normalized spacial score (nSPS) is 14.2. The lowest BCUT2D eigenvalue weighted by molar-refractivity contribution is 0.0996. The van der Waals surface area contributed by atoms with Gasteiger partial charge in [-0.3, -0.25) is 9.89 Å². The summed E-state index contributed by atoms with van der Waals surface area (Å²) in [6.45, 7) is 1.98. The van der Waals surface area contributed by atoms with Gasteiger partial charge in [0.15, 0.2) is 5.69 Å². The number of H-pyrrole nitrogens is 1. The van der Waals surface area contributed by atoms with E-state index in [2.05, 4.69) is 25.1 Å². The van der Waals surface area contributed by atoms with Crippen molar-refractivity contribution in [2.75, 3.05) is 5.73 Å². The zero-order valence-electron chi connectivity index (χ0n) is 17.6. The summed E-state index contributed by atoms with van der Waals surface area (Å²) in [4.78, 5) is 25.4. The summed E-state index contributed by atoms with van der Waals surface area (Å²) >= 11 is 0. The van der Waals surface area contributed by atoms with Crippen molar-refractivity contribution in [2.24, 2.45) is 5.73 Å². The van der Waals surface area contributed by atoms with E-state index in [4.69, 9.17) is 16.2 Å². The Bertz CT molecular complexity index is 1330. The zero-order chi connectivity index (χ0) is 22.2. The number of aryl methyl sites for hydroxylation is 1. The number of aromatic amines is 1. The van der Waals surface area contributed by atoms with E-state index in [0.29, 0.717) is 23.0 Å². The lowest BCUT2D eigenvalue weighted by Crippen LogP contribution is -2.17. The van der Waals surface area contributed by atoms with Gasteiger partial charge in [-0.15, -0.1) is 0 Å². The van der Waals surface area contributed by atoms with Gasteiger partial charge >= 0.3 is 6.01 Å². The third-order valence-corrected chi connectivity index (χ3v) is 5.86. The van der Waals surface area contributed by atoms with Crippen molar-refractivity contribution in [2.45, 2.75) is 38.7 Å². The number of carbonyl (C=O) groups is 1. The molecule has 5 rings (SSSR count). The van der Waals surface area contributed by atoms with Crippen LogP contribution in [0.4, 0.5) is 5.69 Å². The molecule has 9 nitrogen and oxygen atoms in total. The smallest absolute Gasteiger partial charge is 0.317 e. The molecule has 1 amide bonds. The van der Waals surface area contributed by atoms with E-state index in [9.17, 15) is 4.79 Å². The predicted octanol–water partition coefficient (Wildman–Crippen LogP) is 3.39. The van der Waals surface area contributed by atoms with E-state index >= 15 is 0 Å². The first-order valence-electron chi connectivity index (χ1n) is 10.5. The van der Waals surface area contributed by atoms with Gasteiger partial charge in [0.05, 0.1) is 28.8 Å². The lowest BCUT2D eigenvalue weighted by atomic mass is 9.94. The first kappa shape index (κ1) is 19.9. The lowest BCUT2D eigenvalue weighted by Gasteiger charge is -2.15. The number of anilines is 1. The number of primary amides is 1. The Morgan fingerprint density at radius 1 is 1.16 bits per heavy atom. The number of carbonyl (C=O) groups excluding carboxylic acids is 1. The fraction of sp³-hybridized carbons (Fsp3) is 0.261. The van der Waals surface area contributed by atoms with E-state index in [0.717, 1.165) is 47.7 Å². The Kier molecular flexibility index (Phi) is 4.93. The van der Waals surface area contributed by atoms with Crippen molar-refractivity contribution in [1.29, 1.82) is 0 Å². The van der Waals surface area contributed by atoms with Crippen LogP contribution < -0.4 is 16.2 Å². The van der Waals surface area contributed by atoms with Crippen LogP contribution in [0.15, 0.2) is 36.7 Å². The quantitative estimate of drug-likeness (QED) is 0.441. The maximum absolute atomic E-state index is 12.2. The van der Waals surface area contributed by atoms with Crippen LogP contribution in [0.3, 0.4) is 0 Å². The molecule has 0 radical (unpaired) electrons. The number of rotatable bonds is 5. The van der Waals surface area contributed by atoms with E-state index in [-0.39, 0.29) is 17.5 Å². The second-order valence-electron chi connectivity index (χ2n) is 8.02. The molecule has 9 heteroatoms. The number of nitrogen functional groups attached to an aromatic ring is 1. The van der Waals surface area contributed by atoms with Crippen LogP contribution >= 0.6 is 0 Å². The number of nitrogens with two attached hydrogens (primary N) is 2. The third kappa shape index (κ3) is 3.51. The summed E-state index contributed by atoms with van der Waals surface area (Å²) in [7, 11) is 0. The Labute approximate surface area is 184 Å². The topological polar surface area (TPSA) is 146 Å². The van der Waals surface area contributed by atoms with Gasteiger partial charge in [0, 0.05) is 17.1 Å². The molecule has 3 aromatic heterocycles. The average Bonchev–Trinajstić information content (AvgIpc) is 3.46. The molecule has 0 spiro atoms. The molecule has 5 N–H and O–H groups in total. The molecule has 0 saturated heterocycles. The number of benzene rings is 1. The molecule has 1 aromatic carbocycles. The summed E-state index contributed by atoms with van der Waals surface area (Å²) in [6, 6.07) is 7.75. The molecule has 4 aromatic rings. The Hall–Kier alpha value is -4.01. The molecule has 1 fully saturated rings. The predicted molar refractivity (Wildman–Crippen MR) is 121 cm³/mol. The number of nitrogens with zero attached hydrogens (tertiary/aromatic N) is 4. The van der Waals surface area contributed by atoms with E-state index in [1.54, 1.807) is 18.5 Å². The number of fused-ring (bicyclic) bond motifs is 1. The number of ether oxygens (including phenoxy) is 1. The number of hydrogen-bond donors (Lipinski definition) is 3. The molecule has 0 aliphatic heterocycles. The molecule has 0 unspecified atom stereocenters. The second-order valence-corrected chi connectivity index (χ2v) is 8.02. The Morgan fingerprint density at radius 2 is 1.97 bits per heavy atom. The average molecular weight is 429 g/mol. The van der Waals surface area contributed by atoms with Gasteiger partial charge in [-0.1, -0.05) is 6.07 Å². The maximum Gasteiger partial charge on any atom is 0.317 e. The molecule has 3 heterocycles. The van der Waals surface area contributed by atoms with Gasteiger partial charge in [0.2, 0.25) is 0 Å². The van der Waals surface area contributed by atoms with Crippen molar-refractivity contribution in [3.05, 3.63) is 47.9 Å². The molecule has 32 heavy (non-hydrogen) atoms. The minimum absolute atomic E-state index is 0.00530. The third-order valence-electron chi connectivity index (χ3n) is 5.86. The van der Waals surface area contributed by atoms with Gasteiger partial charge in [-0.2, -0.15) is 10.1 Å². The standard InChI is InChI=1S/C23H23N7O2/c1-12-6-7-16-15(11-27-30-16)19(12)14-10-18(28-21(20(14)24)22(25)31)17-8-9-26-23(29-17)32-13-4-2-3-5-13/h6-11,13H,2-5,24H2,1H3,(H2,25,31)(H,27,30). The first-order chi connectivity index (χ1) is 15.5. The summed E-state index contributed by atoms with van der Waals surface area (Å²) in [6.07, 6.45) is 7.77. The van der Waals surface area contributed by atoms with E-state index in [1.807, 2.05) is 25.1 Å². The molecule has 0 atom stereocenters. The summed E-state index contributed by atoms with van der Waals surface area (Å²) in [5.74, 6) is -0.709. The number of aromatic nitrogens is 5. The number of hydrogen-bond acceptors (Lipinski definition) is 7. The van der Waals surface area contributed by atoms with Gasteiger partial charge in [0.1, 0.15) is 6.10 Å². The Morgan fingerprint density at radius 3 is 2.75 bits per heavy atom. The molecule has 1 aliphatic carbocycles. The van der Waals surface area contributed by atoms with Gasteiger partial charge in [0.25, 0.3) is 5.91 Å². The molecule has 1 saturated carbocycles. The molecular formula is C23H23N7O2. The number of amides is 1. The fourth-order valence-electron chi connectivity index (χ4n) is 4.26. The highest BCUT2D eigenvalue weighted by Gasteiger charge is 2.21. The summed E-state index contributed by atoms with van der Waals surface area (Å²) in [5, 5.41) is 8.00. The minimum Gasteiger partial charge on any atom is -0.460 e. The van der Waals surface area contributed by atoms with Crippen LogP contribution in [0.1, 0.15) is 41.7 Å². The van der Waals surface area contributed by atoms with Crippen molar-refractivity contribution >= 4 is 22.5 Å². The van der Waals surface area contributed by atoms with E-state index in [1.165, 1.54) is 0 Å². The molecule has 162 valence electrons. The number of nitrogens with one attached hydrogen (secondary N) is 1. The van der Waals surface area contributed by atoms with Crippen molar-refractivity contribution in [3.8, 4) is 28.5 Å². The minimum atomic E-state index is -0.709. The molecule has 0 bridgehead atoms. The highest BCUT2D eigenvalue weighted by molar-refractivity contribution is 6.05. The monoisotopic (exact) mass is 429 g/mol. The van der Waals surface area contributed by atoms with Crippen LogP contribution in [0.2, 0.25) is 0 Å². The van der Waals surface area contributed by atoms with Crippen LogP contribution in [0.25, 0.3) is 33.4 Å². The molecular weight excluding hydrogens is 406 g/mol. The largest absolute Gasteiger partial charge is 0.460 e. The highest BCUT2D eigenvalue weighted by atomic mass is 16.5. The van der Waals surface area contributed by atoms with Gasteiger partial charge in [-0.25, -0.2) is 9.97 Å². The van der Waals surface area contributed by atoms with Crippen LogP contribution in [0, 0.1) is 6.92 Å². The van der Waals surface area contributed by atoms with Crippen LogP contribution in [-0.2, 0) is 0 Å². The second kappa shape index (κ2) is 7.92. The van der Waals surface area contributed by atoms with Crippen molar-refractivity contribution in [1.82, 2.24) is 25.1 Å². The van der Waals surface area contributed by atoms with Crippen LogP contribution in [-0.4, -0.2) is 37.2 Å². The zero-order valence-corrected chi connectivity index (χ0v) is 17.6. The molecule has 1 aliphatic rings. The highest BCUT2D eigenvalue weighted by Crippen LogP contribution is 2.37. The van der Waals surface area contributed by atoms with Crippen molar-refractivity contribution < 1.29 is 9.53 Å². The number of pyridine rings is 1. The fourth-order valence-corrected chi connectivity index (χ4v) is 4.26. The summed E-state index contributed by atoms with van der Waals surface area (Å²) < 4.78 is 5.94. The van der Waals surface area contributed by atoms with Gasteiger partial charge in [-0.05, 0) is 61.9 Å². The van der Waals surface area contributed by atoms with Crippen molar-refractivity contribution in [3.63, 3.8) is 0 Å². The first-order valence-corrected chi connectivity index (χ1v) is 10.5. The van der Waals surface area contributed by atoms with Crippen LogP contribution in [0.5, 0.6) is 6.01 Å². The Balaban J connectivity index is 1.66.